The Morgan fingerprint density at radius 1 is 1.09 bits per heavy atom. The Bertz CT molecular complexity index is 985. The van der Waals surface area contributed by atoms with Crippen LogP contribution in [0.15, 0.2) is 28.8 Å². The number of nitrogens with one attached hydrogen (secondary N) is 2. The Balaban J connectivity index is 1.35. The van der Waals surface area contributed by atoms with Crippen molar-refractivity contribution in [3.8, 4) is 0 Å². The molecule has 5 rings (SSSR count). The highest BCUT2D eigenvalue weighted by Crippen LogP contribution is 2.57. The summed E-state index contributed by atoms with van der Waals surface area (Å²) in [5.41, 5.74) is 0.924. The Morgan fingerprint density at radius 3 is 2.30 bits per heavy atom. The monoisotopic (exact) mass is 462 g/mol. The molecule has 2 aromatic rings. The van der Waals surface area contributed by atoms with Gasteiger partial charge in [-0.3, -0.25) is 5.32 Å². The molecule has 9 heteroatoms. The van der Waals surface area contributed by atoms with E-state index in [0.29, 0.717) is 11.5 Å². The molecular weight excluding hydrogens is 430 g/mol. The number of carbonyl (C=O) groups excluding carboxylic acids is 1. The second kappa shape index (κ2) is 8.25. The summed E-state index contributed by atoms with van der Waals surface area (Å²) in [4.78, 5) is 16.1. The summed E-state index contributed by atoms with van der Waals surface area (Å²) in [6.45, 7) is 7.05. The number of alkyl halides is 2. The summed E-state index contributed by atoms with van der Waals surface area (Å²) in [6, 6.07) is 7.57. The average molecular weight is 463 g/mol. The fourth-order valence-electron chi connectivity index (χ4n) is 4.90. The summed E-state index contributed by atoms with van der Waals surface area (Å²) in [7, 11) is 0. The molecule has 0 spiro atoms. The van der Waals surface area contributed by atoms with Gasteiger partial charge in [-0.25, -0.2) is 4.79 Å². The molecule has 0 radical (unpaired) electrons. The predicted molar refractivity (Wildman–Crippen MR) is 120 cm³/mol. The summed E-state index contributed by atoms with van der Waals surface area (Å²) in [5.74, 6) is -3.29. The maximum Gasteiger partial charge on any atom is 0.412 e. The number of carbonyl (C=O) groups is 1. The second-order valence-electron chi connectivity index (χ2n) is 10.7. The van der Waals surface area contributed by atoms with Crippen molar-refractivity contribution in [3.05, 3.63) is 36.0 Å². The number of hydrogen-bond acceptors (Lipinski definition) is 6. The van der Waals surface area contributed by atoms with Gasteiger partial charge in [0.25, 0.3) is 5.89 Å². The number of fused-ring (bicyclic) bond motifs is 3. The molecule has 3 aliphatic rings. The van der Waals surface area contributed by atoms with Gasteiger partial charge < -0.3 is 14.6 Å². The molecule has 2 bridgehead atoms. The van der Waals surface area contributed by atoms with E-state index in [1.54, 1.807) is 0 Å². The van der Waals surface area contributed by atoms with E-state index >= 15 is 0 Å². The number of nitrogens with zero attached hydrogens (tertiary/aromatic N) is 2. The number of amides is 1. The van der Waals surface area contributed by atoms with E-state index in [1.165, 1.54) is 0 Å². The molecular formula is C24H32F2N4O3. The van der Waals surface area contributed by atoms with Gasteiger partial charge in [0, 0.05) is 30.3 Å². The van der Waals surface area contributed by atoms with E-state index in [4.69, 9.17) is 9.26 Å². The van der Waals surface area contributed by atoms with Gasteiger partial charge in [0.05, 0.1) is 0 Å². The smallest absolute Gasteiger partial charge is 0.412 e. The Kier molecular flexibility index (Phi) is 5.87. The van der Waals surface area contributed by atoms with Crippen LogP contribution >= 0.6 is 0 Å². The summed E-state index contributed by atoms with van der Waals surface area (Å²) < 4.78 is 37.2. The highest BCUT2D eigenvalue weighted by atomic mass is 19.3. The van der Waals surface area contributed by atoms with Crippen molar-refractivity contribution < 1.29 is 22.8 Å². The van der Waals surface area contributed by atoms with Crippen molar-refractivity contribution >= 4 is 17.5 Å². The normalized spacial score (nSPS) is 25.0. The van der Waals surface area contributed by atoms with Gasteiger partial charge in [0.2, 0.25) is 0 Å². The highest BCUT2D eigenvalue weighted by Gasteiger charge is 2.52. The van der Waals surface area contributed by atoms with E-state index < -0.39 is 23.5 Å². The lowest BCUT2D eigenvalue weighted by atomic mass is 9.53. The minimum Gasteiger partial charge on any atom is -0.444 e. The molecule has 2 N–H and O–H groups in total. The van der Waals surface area contributed by atoms with Crippen molar-refractivity contribution in [3.63, 3.8) is 0 Å². The van der Waals surface area contributed by atoms with Gasteiger partial charge in [0.1, 0.15) is 5.60 Å². The van der Waals surface area contributed by atoms with Crippen LogP contribution in [0.1, 0.15) is 77.9 Å². The largest absolute Gasteiger partial charge is 0.444 e. The van der Waals surface area contributed by atoms with Gasteiger partial charge in [-0.05, 0) is 82.9 Å². The molecule has 0 saturated heterocycles. The van der Waals surface area contributed by atoms with E-state index in [1.807, 2.05) is 45.0 Å². The van der Waals surface area contributed by atoms with Crippen LogP contribution in [-0.4, -0.2) is 28.4 Å². The van der Waals surface area contributed by atoms with Crippen LogP contribution in [0.25, 0.3) is 0 Å². The zero-order valence-corrected chi connectivity index (χ0v) is 19.6. The topological polar surface area (TPSA) is 89.3 Å². The molecule has 0 atom stereocenters. The number of ether oxygens (including phenoxy) is 1. The van der Waals surface area contributed by atoms with Crippen molar-refractivity contribution in [2.45, 2.75) is 83.2 Å². The third-order valence-corrected chi connectivity index (χ3v) is 6.85. The molecule has 0 unspecified atom stereocenters. The van der Waals surface area contributed by atoms with Crippen LogP contribution in [0.4, 0.5) is 25.0 Å². The minimum absolute atomic E-state index is 0.150. The first-order valence-electron chi connectivity index (χ1n) is 11.4. The van der Waals surface area contributed by atoms with Crippen LogP contribution in [0.5, 0.6) is 0 Å². The molecule has 33 heavy (non-hydrogen) atoms. The molecule has 1 heterocycles. The van der Waals surface area contributed by atoms with Crippen LogP contribution < -0.4 is 10.6 Å². The lowest BCUT2D eigenvalue weighted by Crippen LogP contribution is -2.47. The molecule has 1 amide bonds. The van der Waals surface area contributed by atoms with Crippen molar-refractivity contribution in [2.24, 2.45) is 5.41 Å². The zero-order valence-electron chi connectivity index (χ0n) is 19.6. The fourth-order valence-corrected chi connectivity index (χ4v) is 4.90. The standard InChI is InChI=1S/C24H32F2N4O3/c1-21(2,3)32-20(31)28-17-7-5-6-16(14-17)27-15-23-8-11-24(12-9-23,13-10-23)18-29-19(33-30-18)22(4,25)26/h5-7,14,27H,8-13,15H2,1-4H3,(H,28,31). The maximum atomic E-state index is 13.5. The molecule has 180 valence electrons. The maximum absolute atomic E-state index is 13.5. The van der Waals surface area contributed by atoms with Gasteiger partial charge in [-0.2, -0.15) is 13.8 Å². The zero-order chi connectivity index (χ0) is 23.9. The van der Waals surface area contributed by atoms with E-state index in [-0.39, 0.29) is 10.8 Å². The van der Waals surface area contributed by atoms with Crippen molar-refractivity contribution in [1.82, 2.24) is 10.1 Å². The molecule has 1 aromatic heterocycles. The van der Waals surface area contributed by atoms with Crippen molar-refractivity contribution in [2.75, 3.05) is 17.2 Å². The lowest BCUT2D eigenvalue weighted by molar-refractivity contribution is -0.0158. The van der Waals surface area contributed by atoms with E-state index in [9.17, 15) is 13.6 Å². The first-order valence-corrected chi connectivity index (χ1v) is 11.4. The van der Waals surface area contributed by atoms with Gasteiger partial charge in [-0.1, -0.05) is 11.2 Å². The molecule has 3 fully saturated rings. The Labute approximate surface area is 192 Å². The summed E-state index contributed by atoms with van der Waals surface area (Å²) in [5, 5.41) is 10.2. The molecule has 0 aliphatic heterocycles. The second-order valence-corrected chi connectivity index (χ2v) is 10.7. The SMILES string of the molecule is CC(C)(C)OC(=O)Nc1cccc(NCC23CCC(c4noc(C(C)(F)F)n4)(CC2)CC3)c1. The molecule has 1 aromatic carbocycles. The first-order chi connectivity index (χ1) is 15.4. The number of benzene rings is 1. The van der Waals surface area contributed by atoms with Crippen LogP contribution in [0.3, 0.4) is 0 Å². The van der Waals surface area contributed by atoms with Crippen molar-refractivity contribution in [1.29, 1.82) is 0 Å². The van der Waals surface area contributed by atoms with E-state index in [2.05, 4.69) is 20.8 Å². The minimum atomic E-state index is -3.12. The fraction of sp³-hybridized carbons (Fsp3) is 0.625. The van der Waals surface area contributed by atoms with Crippen LogP contribution in [-0.2, 0) is 16.1 Å². The van der Waals surface area contributed by atoms with Gasteiger partial charge in [-0.15, -0.1) is 0 Å². The summed E-state index contributed by atoms with van der Waals surface area (Å²) in [6.07, 6.45) is 5.03. The van der Waals surface area contributed by atoms with Crippen LogP contribution in [0, 0.1) is 5.41 Å². The number of hydrogen-bond donors (Lipinski definition) is 2. The third-order valence-electron chi connectivity index (χ3n) is 6.85. The molecule has 7 nitrogen and oxygen atoms in total. The third kappa shape index (κ3) is 5.28. The lowest BCUT2D eigenvalue weighted by Gasteiger charge is -2.52. The molecule has 3 saturated carbocycles. The Morgan fingerprint density at radius 2 is 1.73 bits per heavy atom. The van der Waals surface area contributed by atoms with Crippen LogP contribution in [0.2, 0.25) is 0 Å². The number of rotatable bonds is 6. The quantitative estimate of drug-likeness (QED) is 0.529. The number of aromatic nitrogens is 2. The first kappa shape index (κ1) is 23.4. The van der Waals surface area contributed by atoms with E-state index in [0.717, 1.165) is 57.7 Å². The van der Waals surface area contributed by atoms with Gasteiger partial charge >= 0.3 is 12.0 Å². The predicted octanol–water partition coefficient (Wildman–Crippen LogP) is 6.23. The summed E-state index contributed by atoms with van der Waals surface area (Å²) >= 11 is 0. The van der Waals surface area contributed by atoms with Gasteiger partial charge in [0.15, 0.2) is 5.82 Å². The average Bonchev–Trinajstić information content (AvgIpc) is 3.24. The molecule has 3 aliphatic carbocycles. The Hall–Kier alpha value is -2.71. The highest BCUT2D eigenvalue weighted by molar-refractivity contribution is 5.85. The number of halogens is 2. The number of anilines is 2.